The number of anilines is 1. The number of hydrogen-bond donors (Lipinski definition) is 2. The maximum absolute atomic E-state index is 14.7. The molecule has 0 spiro atoms. The number of carbonyl (C=O) groups is 2. The van der Waals surface area contributed by atoms with Gasteiger partial charge in [-0.2, -0.15) is 0 Å². The van der Waals surface area contributed by atoms with Crippen LogP contribution < -0.4 is 10.1 Å². The molecule has 1 aliphatic heterocycles. The quantitative estimate of drug-likeness (QED) is 0.131. The van der Waals surface area contributed by atoms with Crippen molar-refractivity contribution in [3.63, 3.8) is 0 Å². The second-order valence-corrected chi connectivity index (χ2v) is 11.9. The van der Waals surface area contributed by atoms with Gasteiger partial charge in [0.05, 0.1) is 18.1 Å². The molecule has 1 aliphatic rings. The van der Waals surface area contributed by atoms with Crippen LogP contribution in [-0.4, -0.2) is 28.6 Å². The van der Waals surface area contributed by atoms with Gasteiger partial charge in [0.15, 0.2) is 0 Å². The highest BCUT2D eigenvalue weighted by atomic mass is 19.1. The zero-order valence-electron chi connectivity index (χ0n) is 26.6. The van der Waals surface area contributed by atoms with Crippen molar-refractivity contribution < 1.29 is 33.0 Å². The van der Waals surface area contributed by atoms with Gasteiger partial charge in [-0.05, 0) is 83.6 Å². The summed E-state index contributed by atoms with van der Waals surface area (Å²) >= 11 is 0. The van der Waals surface area contributed by atoms with Crippen molar-refractivity contribution in [2.24, 2.45) is 5.92 Å². The first-order valence-electron chi connectivity index (χ1n) is 16.1. The fourth-order valence-corrected chi connectivity index (χ4v) is 6.04. The molecule has 1 fully saturated rings. The number of cyclic esters (lactones) is 1. The van der Waals surface area contributed by atoms with Gasteiger partial charge in [-0.3, -0.25) is 4.79 Å². The highest BCUT2D eigenvalue weighted by Gasteiger charge is 2.44. The van der Waals surface area contributed by atoms with E-state index in [4.69, 9.17) is 9.47 Å². The van der Waals surface area contributed by atoms with Crippen LogP contribution in [0.4, 0.5) is 19.3 Å². The van der Waals surface area contributed by atoms with Crippen LogP contribution in [-0.2, 0) is 16.1 Å². The number of carbonyl (C=O) groups excluding carboxylic acids is 2. The van der Waals surface area contributed by atoms with Crippen molar-refractivity contribution in [3.8, 4) is 5.75 Å². The van der Waals surface area contributed by atoms with Crippen molar-refractivity contribution in [1.82, 2.24) is 4.90 Å². The number of hydrogen-bond acceptors (Lipinski definition) is 6. The molecule has 2 amide bonds. The van der Waals surface area contributed by atoms with Crippen LogP contribution >= 0.6 is 0 Å². The fourth-order valence-electron chi connectivity index (χ4n) is 6.04. The Bertz CT molecular complexity index is 1820. The van der Waals surface area contributed by atoms with Gasteiger partial charge in [-0.25, -0.2) is 18.5 Å². The summed E-state index contributed by atoms with van der Waals surface area (Å²) in [5.74, 6) is -1.62. The lowest BCUT2D eigenvalue weighted by Crippen LogP contribution is -2.42. The first kappa shape index (κ1) is 33.4. The number of amides is 2. The van der Waals surface area contributed by atoms with Crippen molar-refractivity contribution in [2.45, 2.75) is 37.6 Å². The molecular formula is C40H36F2N2O5. The number of benzene rings is 5. The van der Waals surface area contributed by atoms with Gasteiger partial charge in [0.2, 0.25) is 5.91 Å². The van der Waals surface area contributed by atoms with Gasteiger partial charge in [-0.15, -0.1) is 0 Å². The highest BCUT2D eigenvalue weighted by molar-refractivity contribution is 5.95. The standard InChI is InChI=1S/C40H36F2N2O5/c41-31-15-11-29(12-16-31)37(45)24-23-35(39(46)44-36(26-49-40(44)47)28-9-5-2-6-10-28)38(43-33-19-17-32(42)18-20-33)30-13-21-34(22-14-30)48-25-27-7-3-1-4-8-27/h1-22,35-38,43,45H,23-26H2/t35-,36-,37+,38-/m1/s1. The van der Waals surface area contributed by atoms with E-state index >= 15 is 0 Å². The Morgan fingerprint density at radius 1 is 0.796 bits per heavy atom. The summed E-state index contributed by atoms with van der Waals surface area (Å²) in [4.78, 5) is 29.0. The van der Waals surface area contributed by atoms with E-state index in [1.165, 1.54) is 36.4 Å². The Morgan fingerprint density at radius 2 is 1.39 bits per heavy atom. The topological polar surface area (TPSA) is 88.1 Å². The largest absolute Gasteiger partial charge is 0.489 e. The Kier molecular flexibility index (Phi) is 10.6. The zero-order chi connectivity index (χ0) is 34.2. The summed E-state index contributed by atoms with van der Waals surface area (Å²) in [5.41, 5.74) is 3.51. The molecule has 0 aliphatic carbocycles. The van der Waals surface area contributed by atoms with Gasteiger partial charge in [0.25, 0.3) is 0 Å². The molecule has 1 saturated heterocycles. The lowest BCUT2D eigenvalue weighted by Gasteiger charge is -2.32. The van der Waals surface area contributed by atoms with Crippen LogP contribution in [0.1, 0.15) is 53.3 Å². The molecule has 6 rings (SSSR count). The van der Waals surface area contributed by atoms with Crippen molar-refractivity contribution in [3.05, 3.63) is 167 Å². The molecule has 7 nitrogen and oxygen atoms in total. The van der Waals surface area contributed by atoms with Gasteiger partial charge in [-0.1, -0.05) is 84.9 Å². The average Bonchev–Trinajstić information content (AvgIpc) is 3.53. The first-order valence-corrected chi connectivity index (χ1v) is 16.1. The summed E-state index contributed by atoms with van der Waals surface area (Å²) in [6, 6.07) is 36.2. The molecule has 5 aromatic rings. The molecular weight excluding hydrogens is 626 g/mol. The van der Waals surface area contributed by atoms with Crippen molar-refractivity contribution in [2.75, 3.05) is 11.9 Å². The third-order valence-corrected chi connectivity index (χ3v) is 8.67. The van der Waals surface area contributed by atoms with Gasteiger partial charge in [0.1, 0.15) is 36.6 Å². The van der Waals surface area contributed by atoms with E-state index in [9.17, 15) is 23.5 Å². The molecule has 9 heteroatoms. The third-order valence-electron chi connectivity index (χ3n) is 8.67. The summed E-state index contributed by atoms with van der Waals surface area (Å²) < 4.78 is 39.0. The van der Waals surface area contributed by atoms with E-state index in [-0.39, 0.29) is 19.4 Å². The molecule has 250 valence electrons. The maximum atomic E-state index is 14.7. The van der Waals surface area contributed by atoms with E-state index in [1.807, 2.05) is 84.9 Å². The second kappa shape index (κ2) is 15.6. The molecule has 4 atom stereocenters. The molecule has 0 aromatic heterocycles. The maximum Gasteiger partial charge on any atom is 0.417 e. The van der Waals surface area contributed by atoms with E-state index < -0.39 is 47.7 Å². The number of aliphatic hydroxyl groups is 1. The molecule has 2 N–H and O–H groups in total. The minimum absolute atomic E-state index is 0.00299. The number of ether oxygens (including phenoxy) is 2. The van der Waals surface area contributed by atoms with Crippen LogP contribution in [0.15, 0.2) is 133 Å². The van der Waals surface area contributed by atoms with Crippen LogP contribution in [0.2, 0.25) is 0 Å². The van der Waals surface area contributed by atoms with Crippen LogP contribution in [0, 0.1) is 17.6 Å². The summed E-state index contributed by atoms with van der Waals surface area (Å²) in [6.45, 7) is 0.376. The Labute approximate surface area is 283 Å². The van der Waals surface area contributed by atoms with Gasteiger partial charge >= 0.3 is 6.09 Å². The number of nitrogens with one attached hydrogen (secondary N) is 1. The summed E-state index contributed by atoms with van der Waals surface area (Å²) in [7, 11) is 0. The number of halogens is 2. The van der Waals surface area contributed by atoms with Crippen molar-refractivity contribution in [1.29, 1.82) is 0 Å². The average molecular weight is 663 g/mol. The van der Waals surface area contributed by atoms with E-state index in [2.05, 4.69) is 5.32 Å². The predicted molar refractivity (Wildman–Crippen MR) is 181 cm³/mol. The summed E-state index contributed by atoms with van der Waals surface area (Å²) in [6.07, 6.45) is -1.51. The fraction of sp³-hybridized carbons (Fsp3) is 0.200. The Morgan fingerprint density at radius 3 is 2.04 bits per heavy atom. The van der Waals surface area contributed by atoms with Crippen LogP contribution in [0.5, 0.6) is 5.75 Å². The minimum atomic E-state index is -1.01. The van der Waals surface area contributed by atoms with Crippen LogP contribution in [0.25, 0.3) is 0 Å². The molecule has 0 radical (unpaired) electrons. The number of aliphatic hydroxyl groups excluding tert-OH is 1. The Balaban J connectivity index is 1.34. The monoisotopic (exact) mass is 662 g/mol. The Hall–Kier alpha value is -5.54. The van der Waals surface area contributed by atoms with Gasteiger partial charge in [0, 0.05) is 5.69 Å². The lowest BCUT2D eigenvalue weighted by molar-refractivity contribution is -0.134. The van der Waals surface area contributed by atoms with Crippen LogP contribution in [0.3, 0.4) is 0 Å². The van der Waals surface area contributed by atoms with E-state index in [1.54, 1.807) is 12.1 Å². The number of nitrogens with zero attached hydrogens (tertiary/aromatic N) is 1. The van der Waals surface area contributed by atoms with E-state index in [0.717, 1.165) is 16.0 Å². The molecule has 1 heterocycles. The van der Waals surface area contributed by atoms with Gasteiger partial charge < -0.3 is 19.9 Å². The smallest absolute Gasteiger partial charge is 0.417 e. The predicted octanol–water partition coefficient (Wildman–Crippen LogP) is 8.55. The minimum Gasteiger partial charge on any atom is -0.489 e. The summed E-state index contributed by atoms with van der Waals surface area (Å²) in [5, 5.41) is 14.5. The SMILES string of the molecule is O=C1OC[C@H](c2ccccc2)N1C(=O)[C@H](CC[C@H](O)c1ccc(F)cc1)[C@H](Nc1ccc(F)cc1)c1ccc(OCc2ccccc2)cc1. The second-order valence-electron chi connectivity index (χ2n) is 11.9. The molecule has 0 saturated carbocycles. The number of rotatable bonds is 13. The molecule has 0 bridgehead atoms. The first-order chi connectivity index (χ1) is 23.9. The lowest BCUT2D eigenvalue weighted by atomic mass is 9.85. The zero-order valence-corrected chi connectivity index (χ0v) is 26.6. The molecule has 49 heavy (non-hydrogen) atoms. The molecule has 5 aromatic carbocycles. The van der Waals surface area contributed by atoms with Crippen molar-refractivity contribution >= 4 is 17.7 Å². The van der Waals surface area contributed by atoms with E-state index in [0.29, 0.717) is 29.2 Å². The highest BCUT2D eigenvalue weighted by Crippen LogP contribution is 2.38. The molecule has 0 unspecified atom stereocenters. The third kappa shape index (κ3) is 8.31. The number of imide groups is 1. The normalized spacial score (nSPS) is 16.0.